The molecule has 15 heteroatoms. The second-order valence-corrected chi connectivity index (χ2v) is 18.4. The fraction of sp³-hybridized carbons (Fsp3) is 0.625. The molecule has 2 aliphatic carbocycles. The highest BCUT2D eigenvalue weighted by Crippen LogP contribution is 2.46. The zero-order valence-corrected chi connectivity index (χ0v) is 29.6. The topological polar surface area (TPSA) is 139 Å². The third-order valence-electron chi connectivity index (χ3n) is 9.01. The maximum atomic E-state index is 12.6. The normalized spacial score (nSPS) is 21.1. The minimum Gasteiger partial charge on any atom is -0.353 e. The number of aromatic amines is 2. The van der Waals surface area contributed by atoms with Crippen LogP contribution in [0.2, 0.25) is 0 Å². The predicted octanol–water partition coefficient (Wildman–Crippen LogP) is 4.91. The Balaban J connectivity index is 0.000000154. The zero-order chi connectivity index (χ0) is 32.7. The van der Waals surface area contributed by atoms with E-state index in [4.69, 9.17) is 10.7 Å². The van der Waals surface area contributed by atoms with Gasteiger partial charge in [-0.2, -0.15) is 0 Å². The van der Waals surface area contributed by atoms with Crippen molar-refractivity contribution in [3.05, 3.63) is 37.2 Å². The number of H-pyrrole nitrogens is 2. The molecule has 6 heterocycles. The van der Waals surface area contributed by atoms with E-state index >= 15 is 0 Å². The van der Waals surface area contributed by atoms with Gasteiger partial charge in [-0.15, -0.1) is 0 Å². The molecule has 47 heavy (non-hydrogen) atoms. The minimum absolute atomic E-state index is 0. The van der Waals surface area contributed by atoms with E-state index in [2.05, 4.69) is 55.4 Å². The fourth-order valence-electron chi connectivity index (χ4n) is 6.07. The molecule has 2 atom stereocenters. The summed E-state index contributed by atoms with van der Waals surface area (Å²) in [5.74, 6) is 2.07. The van der Waals surface area contributed by atoms with E-state index in [-0.39, 0.29) is 23.0 Å². The summed E-state index contributed by atoms with van der Waals surface area (Å²) >= 11 is 0. The van der Waals surface area contributed by atoms with Crippen molar-refractivity contribution in [2.45, 2.75) is 88.8 Å². The van der Waals surface area contributed by atoms with E-state index < -0.39 is 21.0 Å². The van der Waals surface area contributed by atoms with Crippen molar-refractivity contribution in [3.63, 3.8) is 0 Å². The van der Waals surface area contributed by atoms with Gasteiger partial charge in [0, 0.05) is 62.5 Å². The molecule has 0 radical (unpaired) electrons. The zero-order valence-electron chi connectivity index (χ0n) is 27.3. The highest BCUT2D eigenvalue weighted by molar-refractivity contribution is 8.09. The summed E-state index contributed by atoms with van der Waals surface area (Å²) in [5, 5.41) is 5.99. The Morgan fingerprint density at radius 1 is 0.830 bits per heavy atom. The van der Waals surface area contributed by atoms with Crippen molar-refractivity contribution in [2.75, 3.05) is 49.1 Å². The molecule has 4 aliphatic rings. The van der Waals surface area contributed by atoms with E-state index in [1.54, 1.807) is 12.7 Å². The predicted molar refractivity (Wildman–Crippen MR) is 195 cm³/mol. The first kappa shape index (κ1) is 35.7. The van der Waals surface area contributed by atoms with Crippen LogP contribution in [0, 0.1) is 0 Å². The van der Waals surface area contributed by atoms with Gasteiger partial charge >= 0.3 is 0 Å². The summed E-state index contributed by atoms with van der Waals surface area (Å²) in [5.41, 5.74) is 2.27. The van der Waals surface area contributed by atoms with Gasteiger partial charge in [-0.3, -0.25) is 0 Å². The Morgan fingerprint density at radius 3 is 1.83 bits per heavy atom. The maximum Gasteiger partial charge on any atom is 0.142 e. The van der Waals surface area contributed by atoms with Crippen LogP contribution in [0.25, 0.3) is 22.1 Å². The quantitative estimate of drug-likeness (QED) is 0.253. The largest absolute Gasteiger partial charge is 0.353 e. The number of piperazine rings is 2. The number of rotatable bonds is 4. The van der Waals surface area contributed by atoms with Crippen LogP contribution in [0.15, 0.2) is 37.2 Å². The summed E-state index contributed by atoms with van der Waals surface area (Å²) in [6.07, 6.45) is 11.9. The third-order valence-corrected chi connectivity index (χ3v) is 13.2. The third kappa shape index (κ3) is 7.82. The minimum atomic E-state index is -1.21. The molecule has 2 aliphatic heterocycles. The van der Waals surface area contributed by atoms with Crippen LogP contribution in [0.3, 0.4) is 0 Å². The molecule has 2 spiro atoms. The summed E-state index contributed by atoms with van der Waals surface area (Å²) in [7, 11) is 3.13. The lowest BCUT2D eigenvalue weighted by Gasteiger charge is -2.42. The molecule has 2 unspecified atom stereocenters. The molecule has 0 aromatic carbocycles. The van der Waals surface area contributed by atoms with Crippen molar-refractivity contribution in [2.24, 2.45) is 0 Å². The Hall–Kier alpha value is -2.65. The smallest absolute Gasteiger partial charge is 0.142 e. The van der Waals surface area contributed by atoms with Crippen LogP contribution < -0.4 is 15.1 Å². The van der Waals surface area contributed by atoms with Crippen molar-refractivity contribution in [3.8, 4) is 0 Å². The molecule has 4 aromatic heterocycles. The molecule has 258 valence electrons. The van der Waals surface area contributed by atoms with Crippen molar-refractivity contribution >= 4 is 65.4 Å². The van der Waals surface area contributed by atoms with Gasteiger partial charge in [-0.25, -0.2) is 32.7 Å². The van der Waals surface area contributed by atoms with Crippen molar-refractivity contribution < 1.29 is 8.42 Å². The lowest BCUT2D eigenvalue weighted by molar-refractivity contribution is 0.282. The second kappa shape index (κ2) is 14.1. The first-order chi connectivity index (χ1) is 21.9. The van der Waals surface area contributed by atoms with E-state index in [9.17, 15) is 8.42 Å². The van der Waals surface area contributed by atoms with Crippen LogP contribution in [0.4, 0.5) is 11.6 Å². The highest BCUT2D eigenvalue weighted by atomic mass is 35.7. The van der Waals surface area contributed by atoms with Gasteiger partial charge in [0.15, 0.2) is 0 Å². The SMILES string of the molecule is C.CC(C)(C)S(=O)Cl.CC(C)S(=O)N1CCN(c2ncnc3[nH]ccc23)CC12CC2.c1nc(N2CCNC3(CC3)C2)c2cc[nH]c2n1. The van der Waals surface area contributed by atoms with Gasteiger partial charge in [0.2, 0.25) is 0 Å². The average Bonchev–Trinajstić information content (AvgIpc) is 3.81. The number of nitrogens with one attached hydrogen (secondary N) is 3. The molecule has 0 bridgehead atoms. The molecule has 4 aromatic rings. The molecule has 3 N–H and O–H groups in total. The monoisotopic (exact) mass is 704 g/mol. The summed E-state index contributed by atoms with van der Waals surface area (Å²) < 4.78 is 24.9. The Labute approximate surface area is 287 Å². The number of anilines is 2. The molecular weight excluding hydrogens is 656 g/mol. The number of aromatic nitrogens is 6. The lowest BCUT2D eigenvalue weighted by atomic mass is 10.2. The first-order valence-electron chi connectivity index (χ1n) is 16.0. The Bertz CT molecular complexity index is 1710. The van der Waals surface area contributed by atoms with Crippen LogP contribution in [0.5, 0.6) is 0 Å². The molecule has 0 amide bonds. The first-order valence-corrected chi connectivity index (χ1v) is 19.1. The second-order valence-electron chi connectivity index (χ2n) is 13.9. The van der Waals surface area contributed by atoms with Gasteiger partial charge in [0.05, 0.1) is 32.0 Å². The Morgan fingerprint density at radius 2 is 1.36 bits per heavy atom. The van der Waals surface area contributed by atoms with Gasteiger partial charge in [-0.05, 0) is 83.1 Å². The molecule has 12 nitrogen and oxygen atoms in total. The van der Waals surface area contributed by atoms with Crippen LogP contribution >= 0.6 is 10.7 Å². The molecule has 2 saturated heterocycles. The van der Waals surface area contributed by atoms with Gasteiger partial charge in [0.1, 0.15) is 45.6 Å². The van der Waals surface area contributed by atoms with Crippen LogP contribution in [0.1, 0.15) is 67.7 Å². The summed E-state index contributed by atoms with van der Waals surface area (Å²) in [6.45, 7) is 15.3. The number of hydrogen-bond donors (Lipinski definition) is 3. The molecular formula is C32H49ClN10O2S2. The van der Waals surface area contributed by atoms with E-state index in [0.29, 0.717) is 5.54 Å². The maximum absolute atomic E-state index is 12.6. The molecule has 2 saturated carbocycles. The molecule has 4 fully saturated rings. The van der Waals surface area contributed by atoms with E-state index in [1.807, 2.05) is 53.1 Å². The summed E-state index contributed by atoms with van der Waals surface area (Å²) in [6, 6.07) is 4.09. The van der Waals surface area contributed by atoms with Crippen LogP contribution in [-0.4, -0.2) is 103 Å². The van der Waals surface area contributed by atoms with Crippen molar-refractivity contribution in [1.29, 1.82) is 0 Å². The number of fused-ring (bicyclic) bond motifs is 2. The average molecular weight is 705 g/mol. The number of hydrogen-bond acceptors (Lipinski definition) is 9. The van der Waals surface area contributed by atoms with Crippen LogP contribution in [-0.2, 0) is 21.0 Å². The summed E-state index contributed by atoms with van der Waals surface area (Å²) in [4.78, 5) is 28.5. The standard InChI is InChI=1S/C15H21N5OS.C12H15N5.C4H9ClOS.CH4/c1-11(2)22(21)20-8-7-19(9-15(20)4-5-15)14-12-3-6-16-13(12)17-10-18-14;1-4-13-10-9(1)11(15-8-14-10)17-6-5-16-12(7-17)2-3-12;1-4(2,3)7(5)6;/h3,6,10-11H,4-5,7-9H2,1-2H3,(H,16,17,18);1,4,8,16H,2-3,5-7H2,(H,13,14,15);1-3H3;1H4. The van der Waals surface area contributed by atoms with Crippen molar-refractivity contribution in [1.82, 2.24) is 39.5 Å². The van der Waals surface area contributed by atoms with E-state index in [1.165, 1.54) is 12.8 Å². The van der Waals surface area contributed by atoms with Gasteiger partial charge < -0.3 is 25.1 Å². The Kier molecular flexibility index (Phi) is 10.7. The highest BCUT2D eigenvalue weighted by Gasteiger charge is 2.54. The van der Waals surface area contributed by atoms with E-state index in [0.717, 1.165) is 85.8 Å². The number of halogens is 1. The fourth-order valence-corrected chi connectivity index (χ4v) is 7.47. The van der Waals surface area contributed by atoms with Gasteiger partial charge in [-0.1, -0.05) is 7.43 Å². The van der Waals surface area contributed by atoms with Gasteiger partial charge in [0.25, 0.3) is 0 Å². The molecule has 8 rings (SSSR count). The lowest BCUT2D eigenvalue weighted by Crippen LogP contribution is -2.56. The number of nitrogens with zero attached hydrogens (tertiary/aromatic N) is 7.